The number of hydrogen-bond acceptors (Lipinski definition) is 3. The Morgan fingerprint density at radius 2 is 2.14 bits per heavy atom. The van der Waals surface area contributed by atoms with Crippen molar-refractivity contribution in [3.05, 3.63) is 30.1 Å². The predicted octanol–water partition coefficient (Wildman–Crippen LogP) is 3.14. The molecule has 3 rings (SSSR count). The minimum Gasteiger partial charge on any atom is -0.378 e. The smallest absolute Gasteiger partial charge is 0.255 e. The van der Waals surface area contributed by atoms with Crippen molar-refractivity contribution < 1.29 is 9.53 Å². The first kappa shape index (κ1) is 15.5. The van der Waals surface area contributed by atoms with Gasteiger partial charge in [0.1, 0.15) is 0 Å². The lowest BCUT2D eigenvalue weighted by molar-refractivity contribution is -0.107. The molecule has 120 valence electrons. The first-order chi connectivity index (χ1) is 10.6. The minimum absolute atomic E-state index is 0.120. The molecule has 2 heterocycles. The van der Waals surface area contributed by atoms with Gasteiger partial charge in [0.05, 0.1) is 11.7 Å². The molecular weight excluding hydrogens is 276 g/mol. The summed E-state index contributed by atoms with van der Waals surface area (Å²) in [5.74, 6) is 0.727. The van der Waals surface area contributed by atoms with Gasteiger partial charge >= 0.3 is 0 Å². The molecule has 4 nitrogen and oxygen atoms in total. The Labute approximate surface area is 132 Å². The van der Waals surface area contributed by atoms with Gasteiger partial charge in [-0.1, -0.05) is 13.8 Å². The van der Waals surface area contributed by atoms with Gasteiger partial charge in [0, 0.05) is 32.1 Å². The largest absolute Gasteiger partial charge is 0.378 e. The van der Waals surface area contributed by atoms with Crippen LogP contribution in [0.2, 0.25) is 0 Å². The summed E-state index contributed by atoms with van der Waals surface area (Å²) in [6.45, 7) is 6.98. The number of carbonyl (C=O) groups excluding carboxylic acids is 1. The van der Waals surface area contributed by atoms with Crippen LogP contribution in [-0.4, -0.2) is 41.6 Å². The molecule has 1 spiro atoms. The molecule has 0 N–H and O–H groups in total. The van der Waals surface area contributed by atoms with Crippen molar-refractivity contribution in [3.8, 4) is 0 Å². The van der Waals surface area contributed by atoms with Crippen LogP contribution in [0.15, 0.2) is 24.5 Å². The maximum Gasteiger partial charge on any atom is 0.255 e. The molecule has 1 saturated heterocycles. The molecular formula is C18H26N2O2. The summed E-state index contributed by atoms with van der Waals surface area (Å²) in [7, 11) is 0. The van der Waals surface area contributed by atoms with Crippen LogP contribution in [0.4, 0.5) is 0 Å². The fraction of sp³-hybridized carbons (Fsp3) is 0.667. The zero-order valence-electron chi connectivity index (χ0n) is 13.6. The second kappa shape index (κ2) is 6.37. The molecule has 0 unspecified atom stereocenters. The molecule has 2 fully saturated rings. The monoisotopic (exact) mass is 302 g/mol. The number of amides is 1. The van der Waals surface area contributed by atoms with E-state index >= 15 is 0 Å². The van der Waals surface area contributed by atoms with Crippen LogP contribution in [0.25, 0.3) is 0 Å². The number of piperidine rings is 1. The van der Waals surface area contributed by atoms with Gasteiger partial charge in [0.15, 0.2) is 0 Å². The average Bonchev–Trinajstić information content (AvgIpc) is 2.51. The van der Waals surface area contributed by atoms with E-state index < -0.39 is 0 Å². The molecule has 1 amide bonds. The van der Waals surface area contributed by atoms with E-state index in [0.717, 1.165) is 32.5 Å². The van der Waals surface area contributed by atoms with E-state index in [1.807, 2.05) is 17.0 Å². The zero-order valence-corrected chi connectivity index (χ0v) is 13.6. The normalized spacial score (nSPS) is 21.1. The average molecular weight is 302 g/mol. The van der Waals surface area contributed by atoms with Crippen molar-refractivity contribution in [2.75, 3.05) is 19.7 Å². The maximum absolute atomic E-state index is 12.4. The van der Waals surface area contributed by atoms with Crippen molar-refractivity contribution in [1.29, 1.82) is 0 Å². The second-order valence-corrected chi connectivity index (χ2v) is 7.29. The van der Waals surface area contributed by atoms with E-state index in [9.17, 15) is 4.79 Å². The first-order valence-electron chi connectivity index (χ1n) is 8.39. The quantitative estimate of drug-likeness (QED) is 0.858. The fourth-order valence-corrected chi connectivity index (χ4v) is 3.62. The van der Waals surface area contributed by atoms with Crippen LogP contribution in [-0.2, 0) is 4.74 Å². The molecule has 0 radical (unpaired) electrons. The minimum atomic E-state index is 0.120. The van der Waals surface area contributed by atoms with Gasteiger partial charge in [-0.15, -0.1) is 0 Å². The highest BCUT2D eigenvalue weighted by atomic mass is 16.5. The summed E-state index contributed by atoms with van der Waals surface area (Å²) in [6, 6.07) is 3.67. The van der Waals surface area contributed by atoms with Crippen LogP contribution in [0.5, 0.6) is 0 Å². The van der Waals surface area contributed by atoms with E-state index in [1.54, 1.807) is 12.4 Å². The lowest BCUT2D eigenvalue weighted by Crippen LogP contribution is -2.51. The van der Waals surface area contributed by atoms with Crippen molar-refractivity contribution >= 4 is 5.91 Å². The Bertz CT molecular complexity index is 499. The predicted molar refractivity (Wildman–Crippen MR) is 85.6 cm³/mol. The van der Waals surface area contributed by atoms with Gasteiger partial charge in [-0.25, -0.2) is 0 Å². The Kier molecular flexibility index (Phi) is 4.48. The summed E-state index contributed by atoms with van der Waals surface area (Å²) in [5.41, 5.74) is 1.14. The molecule has 2 aliphatic rings. The number of pyridine rings is 1. The van der Waals surface area contributed by atoms with Crippen LogP contribution in [0, 0.1) is 11.3 Å². The van der Waals surface area contributed by atoms with Gasteiger partial charge in [-0.05, 0) is 49.1 Å². The van der Waals surface area contributed by atoms with E-state index in [4.69, 9.17) is 4.74 Å². The number of likely N-dealkylation sites (tertiary alicyclic amines) is 1. The van der Waals surface area contributed by atoms with Gasteiger partial charge in [0.2, 0.25) is 0 Å². The van der Waals surface area contributed by atoms with Crippen LogP contribution in [0.1, 0.15) is 49.9 Å². The molecule has 1 aliphatic carbocycles. The summed E-state index contributed by atoms with van der Waals surface area (Å²) < 4.78 is 5.92. The van der Waals surface area contributed by atoms with Gasteiger partial charge in [-0.3, -0.25) is 9.78 Å². The van der Waals surface area contributed by atoms with E-state index in [0.29, 0.717) is 23.0 Å². The highest BCUT2D eigenvalue weighted by Gasteiger charge is 2.46. The highest BCUT2D eigenvalue weighted by Crippen LogP contribution is 2.50. The molecule has 0 atom stereocenters. The van der Waals surface area contributed by atoms with Gasteiger partial charge < -0.3 is 9.64 Å². The zero-order chi connectivity index (χ0) is 15.6. The third kappa shape index (κ3) is 3.32. The van der Waals surface area contributed by atoms with E-state index in [1.165, 1.54) is 12.8 Å². The highest BCUT2D eigenvalue weighted by molar-refractivity contribution is 5.93. The summed E-state index contributed by atoms with van der Waals surface area (Å²) in [5, 5.41) is 0. The number of hydrogen-bond donors (Lipinski definition) is 0. The molecule has 1 aromatic rings. The number of ether oxygens (including phenoxy) is 1. The van der Waals surface area contributed by atoms with Crippen LogP contribution < -0.4 is 0 Å². The molecule has 1 aliphatic heterocycles. The van der Waals surface area contributed by atoms with Crippen molar-refractivity contribution in [2.24, 2.45) is 11.3 Å². The van der Waals surface area contributed by atoms with E-state index in [-0.39, 0.29) is 5.91 Å². The lowest BCUT2D eigenvalue weighted by atomic mass is 9.61. The SMILES string of the molecule is CC(C)COC1CC2(CCN(C(=O)c3cccnc3)CC2)C1. The van der Waals surface area contributed by atoms with Crippen molar-refractivity contribution in [1.82, 2.24) is 9.88 Å². The molecule has 0 bridgehead atoms. The molecule has 4 heteroatoms. The topological polar surface area (TPSA) is 42.4 Å². The summed E-state index contributed by atoms with van der Waals surface area (Å²) >= 11 is 0. The number of rotatable bonds is 4. The lowest BCUT2D eigenvalue weighted by Gasteiger charge is -2.52. The van der Waals surface area contributed by atoms with Gasteiger partial charge in [-0.2, -0.15) is 0 Å². The molecule has 0 aromatic carbocycles. The second-order valence-electron chi connectivity index (χ2n) is 7.29. The Morgan fingerprint density at radius 3 is 2.73 bits per heavy atom. The Balaban J connectivity index is 1.47. The third-order valence-corrected chi connectivity index (χ3v) is 5.01. The molecule has 22 heavy (non-hydrogen) atoms. The number of nitrogens with zero attached hydrogens (tertiary/aromatic N) is 2. The third-order valence-electron chi connectivity index (χ3n) is 5.01. The summed E-state index contributed by atoms with van der Waals surface area (Å²) in [6.07, 6.45) is 8.38. The number of carbonyl (C=O) groups is 1. The van der Waals surface area contributed by atoms with E-state index in [2.05, 4.69) is 18.8 Å². The maximum atomic E-state index is 12.4. The van der Waals surface area contributed by atoms with Gasteiger partial charge in [0.25, 0.3) is 5.91 Å². The standard InChI is InChI=1S/C18H26N2O2/c1-14(2)13-22-16-10-18(11-16)5-8-20(9-6-18)17(21)15-4-3-7-19-12-15/h3-4,7,12,14,16H,5-6,8-11,13H2,1-2H3. The van der Waals surface area contributed by atoms with Crippen LogP contribution in [0.3, 0.4) is 0 Å². The van der Waals surface area contributed by atoms with Crippen molar-refractivity contribution in [2.45, 2.75) is 45.6 Å². The Morgan fingerprint density at radius 1 is 1.41 bits per heavy atom. The fourth-order valence-electron chi connectivity index (χ4n) is 3.62. The summed E-state index contributed by atoms with van der Waals surface area (Å²) in [4.78, 5) is 18.4. The molecule has 1 aromatic heterocycles. The number of aromatic nitrogens is 1. The first-order valence-corrected chi connectivity index (χ1v) is 8.39. The molecule has 1 saturated carbocycles. The van der Waals surface area contributed by atoms with Crippen molar-refractivity contribution in [3.63, 3.8) is 0 Å². The Hall–Kier alpha value is -1.42. The van der Waals surface area contributed by atoms with Crippen LogP contribution >= 0.6 is 0 Å².